The van der Waals surface area contributed by atoms with Crippen molar-refractivity contribution in [2.75, 3.05) is 21.3 Å². The predicted molar refractivity (Wildman–Crippen MR) is 103 cm³/mol. The van der Waals surface area contributed by atoms with Crippen molar-refractivity contribution in [3.8, 4) is 11.6 Å². The zero-order valence-corrected chi connectivity index (χ0v) is 17.4. The lowest BCUT2D eigenvalue weighted by Crippen LogP contribution is -2.56. The number of pyridine rings is 1. The van der Waals surface area contributed by atoms with Crippen LogP contribution in [-0.2, 0) is 24.7 Å². The zero-order chi connectivity index (χ0) is 21.1. The molecule has 28 heavy (non-hydrogen) atoms. The standard InChI is InChI=1S/C21H29NO6/c1-8-20(4)12-13(2)11-14(3)21(20,28-19(24)18(23)27-7)16-15(25-5)9-10-22-17(16)26-6/h8-10,13-14H,1,11-12H2,2-7H3/t13-,14+,20-,21?/m1/s1. The van der Waals surface area contributed by atoms with Crippen molar-refractivity contribution in [2.24, 2.45) is 17.3 Å². The largest absolute Gasteiger partial charge is 0.496 e. The molecule has 4 atom stereocenters. The van der Waals surface area contributed by atoms with Gasteiger partial charge in [0.1, 0.15) is 11.3 Å². The molecule has 1 heterocycles. The van der Waals surface area contributed by atoms with E-state index in [-0.39, 0.29) is 11.8 Å². The first-order valence-corrected chi connectivity index (χ1v) is 9.23. The quantitative estimate of drug-likeness (QED) is 0.433. The fourth-order valence-corrected chi connectivity index (χ4v) is 4.69. The van der Waals surface area contributed by atoms with E-state index < -0.39 is 23.0 Å². The lowest BCUT2D eigenvalue weighted by Gasteiger charge is -2.54. The highest BCUT2D eigenvalue weighted by molar-refractivity contribution is 6.29. The van der Waals surface area contributed by atoms with Gasteiger partial charge in [0.25, 0.3) is 0 Å². The second kappa shape index (κ2) is 8.20. The van der Waals surface area contributed by atoms with Gasteiger partial charge in [-0.3, -0.25) is 0 Å². The van der Waals surface area contributed by atoms with Crippen LogP contribution in [0.2, 0.25) is 0 Å². The van der Waals surface area contributed by atoms with Gasteiger partial charge in [-0.05, 0) is 24.8 Å². The Morgan fingerprint density at radius 1 is 1.21 bits per heavy atom. The monoisotopic (exact) mass is 391 g/mol. The van der Waals surface area contributed by atoms with Crippen molar-refractivity contribution in [2.45, 2.75) is 39.2 Å². The van der Waals surface area contributed by atoms with Crippen LogP contribution in [-0.4, -0.2) is 38.3 Å². The summed E-state index contributed by atoms with van der Waals surface area (Å²) in [6.07, 6.45) is 4.78. The van der Waals surface area contributed by atoms with Crippen LogP contribution in [0.3, 0.4) is 0 Å². The normalized spacial score (nSPS) is 29.5. The summed E-state index contributed by atoms with van der Waals surface area (Å²) in [5.41, 5.74) is -1.51. The van der Waals surface area contributed by atoms with Crippen LogP contribution in [0.25, 0.3) is 0 Å². The Morgan fingerprint density at radius 3 is 2.43 bits per heavy atom. The van der Waals surface area contributed by atoms with Crippen molar-refractivity contribution in [1.29, 1.82) is 0 Å². The highest BCUT2D eigenvalue weighted by Crippen LogP contribution is 2.61. The van der Waals surface area contributed by atoms with Gasteiger partial charge in [-0.25, -0.2) is 14.6 Å². The van der Waals surface area contributed by atoms with Crippen LogP contribution < -0.4 is 9.47 Å². The van der Waals surface area contributed by atoms with Gasteiger partial charge >= 0.3 is 11.9 Å². The summed E-state index contributed by atoms with van der Waals surface area (Å²) in [4.78, 5) is 28.9. The third kappa shape index (κ3) is 3.34. The number of hydrogen-bond acceptors (Lipinski definition) is 7. The lowest BCUT2D eigenvalue weighted by molar-refractivity contribution is -0.205. The van der Waals surface area contributed by atoms with E-state index in [0.29, 0.717) is 23.7 Å². The summed E-state index contributed by atoms with van der Waals surface area (Å²) < 4.78 is 21.7. The fraction of sp³-hybridized carbons (Fsp3) is 0.571. The number of aromatic nitrogens is 1. The molecule has 0 aliphatic heterocycles. The molecule has 1 aromatic heterocycles. The van der Waals surface area contributed by atoms with Gasteiger partial charge in [-0.15, -0.1) is 6.58 Å². The minimum atomic E-state index is -1.28. The molecule has 154 valence electrons. The van der Waals surface area contributed by atoms with E-state index in [2.05, 4.69) is 23.2 Å². The summed E-state index contributed by atoms with van der Waals surface area (Å²) in [6, 6.07) is 1.68. The Morgan fingerprint density at radius 2 is 1.89 bits per heavy atom. The smallest absolute Gasteiger partial charge is 0.418 e. The topological polar surface area (TPSA) is 84.0 Å². The first kappa shape index (κ1) is 21.7. The van der Waals surface area contributed by atoms with E-state index >= 15 is 0 Å². The SMILES string of the molecule is C=C[C@]1(C)C[C@H](C)C[C@H](C)C1(OC(=O)C(=O)OC)c1c(OC)ccnc1OC. The van der Waals surface area contributed by atoms with Gasteiger partial charge in [-0.1, -0.05) is 26.8 Å². The van der Waals surface area contributed by atoms with E-state index in [4.69, 9.17) is 14.2 Å². The third-order valence-corrected chi connectivity index (χ3v) is 5.79. The van der Waals surface area contributed by atoms with Crippen molar-refractivity contribution >= 4 is 11.9 Å². The van der Waals surface area contributed by atoms with E-state index in [1.165, 1.54) is 14.2 Å². The summed E-state index contributed by atoms with van der Waals surface area (Å²) in [5, 5.41) is 0. The Hall–Kier alpha value is -2.57. The van der Waals surface area contributed by atoms with E-state index in [0.717, 1.165) is 13.5 Å². The molecule has 0 saturated heterocycles. The number of nitrogens with zero attached hydrogens (tertiary/aromatic N) is 1. The second-order valence-electron chi connectivity index (χ2n) is 7.58. The Labute approximate surface area is 166 Å². The molecule has 0 bridgehead atoms. The molecule has 7 heteroatoms. The minimum Gasteiger partial charge on any atom is -0.496 e. The van der Waals surface area contributed by atoms with E-state index in [9.17, 15) is 9.59 Å². The van der Waals surface area contributed by atoms with Gasteiger partial charge in [0, 0.05) is 17.5 Å². The van der Waals surface area contributed by atoms with Crippen LogP contribution >= 0.6 is 0 Å². The Kier molecular flexibility index (Phi) is 6.37. The molecule has 0 radical (unpaired) electrons. The Bertz CT molecular complexity index is 741. The van der Waals surface area contributed by atoms with Crippen LogP contribution in [0, 0.1) is 17.3 Å². The molecule has 7 nitrogen and oxygen atoms in total. The molecular weight excluding hydrogens is 362 g/mol. The molecule has 0 N–H and O–H groups in total. The van der Waals surface area contributed by atoms with Gasteiger partial charge in [-0.2, -0.15) is 0 Å². The first-order chi connectivity index (χ1) is 13.2. The average molecular weight is 391 g/mol. The second-order valence-corrected chi connectivity index (χ2v) is 7.58. The van der Waals surface area contributed by atoms with Crippen molar-refractivity contribution in [3.63, 3.8) is 0 Å². The van der Waals surface area contributed by atoms with Gasteiger partial charge in [0.15, 0.2) is 5.60 Å². The highest BCUT2D eigenvalue weighted by Gasteiger charge is 2.61. The van der Waals surface area contributed by atoms with Gasteiger partial charge in [0.2, 0.25) is 5.88 Å². The van der Waals surface area contributed by atoms with Crippen molar-refractivity contribution in [1.82, 2.24) is 4.98 Å². The number of methoxy groups -OCH3 is 3. The van der Waals surface area contributed by atoms with Crippen LogP contribution in [0.4, 0.5) is 0 Å². The number of carbonyl (C=O) groups is 2. The van der Waals surface area contributed by atoms with Gasteiger partial charge < -0.3 is 18.9 Å². The van der Waals surface area contributed by atoms with Crippen LogP contribution in [0.5, 0.6) is 11.6 Å². The summed E-state index contributed by atoms with van der Waals surface area (Å²) in [6.45, 7) is 10.1. The van der Waals surface area contributed by atoms with Crippen molar-refractivity contribution in [3.05, 3.63) is 30.5 Å². The molecular formula is C21H29NO6. The van der Waals surface area contributed by atoms with Crippen LogP contribution in [0.15, 0.2) is 24.9 Å². The molecule has 1 aliphatic rings. The summed E-state index contributed by atoms with van der Waals surface area (Å²) in [7, 11) is 4.15. The maximum atomic E-state index is 12.6. The highest BCUT2D eigenvalue weighted by atomic mass is 16.6. The number of ether oxygens (including phenoxy) is 4. The minimum absolute atomic E-state index is 0.181. The Balaban J connectivity index is 2.86. The average Bonchev–Trinajstić information content (AvgIpc) is 2.69. The fourth-order valence-electron chi connectivity index (χ4n) is 4.69. The molecule has 1 unspecified atom stereocenters. The maximum absolute atomic E-state index is 12.6. The first-order valence-electron chi connectivity index (χ1n) is 9.23. The van der Waals surface area contributed by atoms with Crippen molar-refractivity contribution < 1.29 is 28.5 Å². The predicted octanol–water partition coefficient (Wildman–Crippen LogP) is 3.27. The molecule has 1 aromatic rings. The van der Waals surface area contributed by atoms with Crippen LogP contribution in [0.1, 0.15) is 39.2 Å². The maximum Gasteiger partial charge on any atom is 0.418 e. The van der Waals surface area contributed by atoms with E-state index in [1.54, 1.807) is 18.3 Å². The molecule has 2 rings (SSSR count). The molecule has 0 spiro atoms. The number of rotatable bonds is 5. The number of esters is 2. The third-order valence-electron chi connectivity index (χ3n) is 5.79. The molecule has 1 aliphatic carbocycles. The summed E-state index contributed by atoms with van der Waals surface area (Å²) in [5.74, 6) is -1.25. The molecule has 1 saturated carbocycles. The molecule has 0 aromatic carbocycles. The number of carbonyl (C=O) groups excluding carboxylic acids is 2. The molecule has 0 amide bonds. The lowest BCUT2D eigenvalue weighted by atomic mass is 9.54. The van der Waals surface area contributed by atoms with Gasteiger partial charge in [0.05, 0.1) is 21.3 Å². The zero-order valence-electron chi connectivity index (χ0n) is 17.4. The molecule has 1 fully saturated rings. The number of hydrogen-bond donors (Lipinski definition) is 0. The van der Waals surface area contributed by atoms with E-state index in [1.807, 2.05) is 13.8 Å². The summed E-state index contributed by atoms with van der Waals surface area (Å²) >= 11 is 0.